The van der Waals surface area contributed by atoms with E-state index in [-0.39, 0.29) is 5.78 Å². The lowest BCUT2D eigenvalue weighted by Crippen LogP contribution is -2.41. The fourth-order valence-corrected chi connectivity index (χ4v) is 0.965. The van der Waals surface area contributed by atoms with E-state index in [1.807, 2.05) is 0 Å². The smallest absolute Gasteiger partial charge is 0.323 e. The van der Waals surface area contributed by atoms with E-state index >= 15 is 0 Å². The van der Waals surface area contributed by atoms with Crippen molar-refractivity contribution in [2.75, 3.05) is 6.61 Å². The maximum absolute atomic E-state index is 11.2. The zero-order valence-corrected chi connectivity index (χ0v) is 8.37. The van der Waals surface area contributed by atoms with Gasteiger partial charge >= 0.3 is 5.97 Å². The highest BCUT2D eigenvalue weighted by atomic mass is 16.5. The van der Waals surface area contributed by atoms with Gasteiger partial charge in [-0.1, -0.05) is 13.8 Å². The molecule has 13 heavy (non-hydrogen) atoms. The van der Waals surface area contributed by atoms with Crippen LogP contribution in [0.4, 0.5) is 0 Å². The van der Waals surface area contributed by atoms with Gasteiger partial charge in [-0.2, -0.15) is 0 Å². The van der Waals surface area contributed by atoms with E-state index < -0.39 is 17.9 Å². The topological polar surface area (TPSA) is 69.4 Å². The van der Waals surface area contributed by atoms with E-state index in [1.165, 1.54) is 0 Å². The Bertz CT molecular complexity index is 191. The van der Waals surface area contributed by atoms with Crippen molar-refractivity contribution in [1.29, 1.82) is 0 Å². The average Bonchev–Trinajstić information content (AvgIpc) is 2.14. The number of nitrogens with two attached hydrogens (primary N) is 1. The Balaban J connectivity index is 4.16. The fourth-order valence-electron chi connectivity index (χ4n) is 0.965. The van der Waals surface area contributed by atoms with Crippen LogP contribution in [-0.2, 0) is 14.3 Å². The lowest BCUT2D eigenvalue weighted by Gasteiger charge is -2.16. The molecule has 0 spiro atoms. The summed E-state index contributed by atoms with van der Waals surface area (Å²) in [6, 6.07) is -0.826. The van der Waals surface area contributed by atoms with Crippen LogP contribution in [0.25, 0.3) is 0 Å². The summed E-state index contributed by atoms with van der Waals surface area (Å²) < 4.78 is 4.70. The molecule has 0 saturated carbocycles. The lowest BCUT2D eigenvalue weighted by molar-refractivity contribution is -0.147. The minimum Gasteiger partial charge on any atom is -0.465 e. The first-order valence-electron chi connectivity index (χ1n) is 4.49. The summed E-state index contributed by atoms with van der Waals surface area (Å²) >= 11 is 0. The highest BCUT2D eigenvalue weighted by Gasteiger charge is 2.26. The predicted molar refractivity (Wildman–Crippen MR) is 49.1 cm³/mol. The molecule has 0 fully saturated rings. The number of hydrogen-bond donors (Lipinski definition) is 1. The normalized spacial score (nSPS) is 14.8. The van der Waals surface area contributed by atoms with E-state index in [0.717, 1.165) is 0 Å². The van der Waals surface area contributed by atoms with E-state index in [0.29, 0.717) is 13.0 Å². The average molecular weight is 187 g/mol. The van der Waals surface area contributed by atoms with Crippen LogP contribution < -0.4 is 5.73 Å². The summed E-state index contributed by atoms with van der Waals surface area (Å²) in [6.45, 7) is 5.39. The molecule has 2 N–H and O–H groups in total. The molecule has 0 aromatic rings. The summed E-state index contributed by atoms with van der Waals surface area (Å²) in [4.78, 5) is 22.3. The third kappa shape index (κ3) is 3.55. The summed E-state index contributed by atoms with van der Waals surface area (Å²) in [7, 11) is 0. The second-order valence-electron chi connectivity index (χ2n) is 2.89. The Kier molecular flexibility index (Phi) is 5.30. The quantitative estimate of drug-likeness (QED) is 0.636. The maximum atomic E-state index is 11.2. The van der Waals surface area contributed by atoms with Crippen molar-refractivity contribution in [1.82, 2.24) is 0 Å². The molecule has 0 aliphatic rings. The standard InChI is InChI=1S/C9H17NO3/c1-4-7(11)6(3)8(10)9(12)13-5-2/h6,8H,4-5,10H2,1-3H3/t6-,8-/m0/s1. The molecule has 0 aromatic heterocycles. The Morgan fingerprint density at radius 3 is 2.31 bits per heavy atom. The molecule has 0 aromatic carbocycles. The van der Waals surface area contributed by atoms with Crippen LogP contribution in [0, 0.1) is 5.92 Å². The van der Waals surface area contributed by atoms with Crippen LogP contribution >= 0.6 is 0 Å². The van der Waals surface area contributed by atoms with E-state index in [1.54, 1.807) is 20.8 Å². The number of Topliss-reactive ketones (excluding diaryl/α,β-unsaturated/α-hetero) is 1. The van der Waals surface area contributed by atoms with Gasteiger partial charge in [0.2, 0.25) is 0 Å². The van der Waals surface area contributed by atoms with Crippen LogP contribution in [0.3, 0.4) is 0 Å². The molecule has 4 heteroatoms. The highest BCUT2D eigenvalue weighted by Crippen LogP contribution is 2.06. The predicted octanol–water partition coefficient (Wildman–Crippen LogP) is 0.492. The zero-order chi connectivity index (χ0) is 10.4. The fraction of sp³-hybridized carbons (Fsp3) is 0.778. The van der Waals surface area contributed by atoms with Crippen molar-refractivity contribution in [3.8, 4) is 0 Å². The molecule has 0 amide bonds. The van der Waals surface area contributed by atoms with Crippen molar-refractivity contribution >= 4 is 11.8 Å². The first-order chi connectivity index (χ1) is 6.04. The molecule has 0 radical (unpaired) electrons. The monoisotopic (exact) mass is 187 g/mol. The van der Waals surface area contributed by atoms with Crippen LogP contribution in [-0.4, -0.2) is 24.4 Å². The van der Waals surface area contributed by atoms with Gasteiger partial charge in [0.15, 0.2) is 0 Å². The second kappa shape index (κ2) is 5.70. The summed E-state index contributed by atoms with van der Waals surface area (Å²) in [5.41, 5.74) is 5.53. The number of rotatable bonds is 5. The summed E-state index contributed by atoms with van der Waals surface area (Å²) in [5, 5.41) is 0. The van der Waals surface area contributed by atoms with Crippen molar-refractivity contribution in [2.24, 2.45) is 11.7 Å². The minimum atomic E-state index is -0.826. The van der Waals surface area contributed by atoms with Crippen LogP contribution in [0.15, 0.2) is 0 Å². The van der Waals surface area contributed by atoms with Gasteiger partial charge in [0, 0.05) is 12.3 Å². The maximum Gasteiger partial charge on any atom is 0.323 e. The first-order valence-corrected chi connectivity index (χ1v) is 4.49. The number of carbonyl (C=O) groups excluding carboxylic acids is 2. The highest BCUT2D eigenvalue weighted by molar-refractivity contribution is 5.88. The number of hydrogen-bond acceptors (Lipinski definition) is 4. The Morgan fingerprint density at radius 1 is 1.38 bits per heavy atom. The molecule has 0 heterocycles. The molecule has 2 atom stereocenters. The van der Waals surface area contributed by atoms with Crippen molar-refractivity contribution in [3.63, 3.8) is 0 Å². The molecule has 0 aliphatic heterocycles. The van der Waals surface area contributed by atoms with Crippen molar-refractivity contribution in [2.45, 2.75) is 33.2 Å². The van der Waals surface area contributed by atoms with Gasteiger partial charge in [0.1, 0.15) is 11.8 Å². The Morgan fingerprint density at radius 2 is 1.92 bits per heavy atom. The second-order valence-corrected chi connectivity index (χ2v) is 2.89. The summed E-state index contributed by atoms with van der Waals surface area (Å²) in [6.07, 6.45) is 0.397. The largest absolute Gasteiger partial charge is 0.465 e. The molecular weight excluding hydrogens is 170 g/mol. The van der Waals surface area contributed by atoms with Gasteiger partial charge in [0.25, 0.3) is 0 Å². The minimum absolute atomic E-state index is 0.0134. The van der Waals surface area contributed by atoms with E-state index in [9.17, 15) is 9.59 Å². The molecule has 0 rings (SSSR count). The number of carbonyl (C=O) groups is 2. The van der Waals surface area contributed by atoms with Crippen molar-refractivity contribution < 1.29 is 14.3 Å². The van der Waals surface area contributed by atoms with Crippen LogP contribution in [0.1, 0.15) is 27.2 Å². The van der Waals surface area contributed by atoms with Gasteiger partial charge in [0.05, 0.1) is 6.61 Å². The third-order valence-electron chi connectivity index (χ3n) is 1.95. The molecule has 76 valence electrons. The van der Waals surface area contributed by atoms with Crippen LogP contribution in [0.5, 0.6) is 0 Å². The molecule has 0 aliphatic carbocycles. The number of esters is 1. The van der Waals surface area contributed by atoms with E-state index in [4.69, 9.17) is 10.5 Å². The molecule has 0 saturated heterocycles. The van der Waals surface area contributed by atoms with Gasteiger partial charge < -0.3 is 10.5 Å². The Hall–Kier alpha value is -0.900. The number of ketones is 1. The SMILES string of the molecule is CCOC(=O)[C@@H](N)[C@@H](C)C(=O)CC. The number of ether oxygens (including phenoxy) is 1. The van der Waals surface area contributed by atoms with E-state index in [2.05, 4.69) is 0 Å². The third-order valence-corrected chi connectivity index (χ3v) is 1.95. The van der Waals surface area contributed by atoms with Crippen molar-refractivity contribution in [3.05, 3.63) is 0 Å². The van der Waals surface area contributed by atoms with Gasteiger partial charge in [-0.05, 0) is 6.92 Å². The molecule has 0 unspecified atom stereocenters. The molecular formula is C9H17NO3. The first kappa shape index (κ1) is 12.1. The summed E-state index contributed by atoms with van der Waals surface area (Å²) in [5.74, 6) is -0.971. The van der Waals surface area contributed by atoms with Gasteiger partial charge in [-0.15, -0.1) is 0 Å². The molecule has 4 nitrogen and oxygen atoms in total. The molecule has 0 bridgehead atoms. The Labute approximate surface area is 78.4 Å². The zero-order valence-electron chi connectivity index (χ0n) is 8.37. The van der Waals surface area contributed by atoms with Gasteiger partial charge in [-0.3, -0.25) is 9.59 Å². The van der Waals surface area contributed by atoms with Gasteiger partial charge in [-0.25, -0.2) is 0 Å². The van der Waals surface area contributed by atoms with Crippen LogP contribution in [0.2, 0.25) is 0 Å². The lowest BCUT2D eigenvalue weighted by atomic mass is 9.96.